The fourth-order valence-corrected chi connectivity index (χ4v) is 6.62. The Morgan fingerprint density at radius 3 is 1.21 bits per heavy atom. The monoisotopic (exact) mass is 743 g/mol. The van der Waals surface area contributed by atoms with E-state index in [1.165, 1.54) is 180 Å². The highest BCUT2D eigenvalue weighted by Gasteiger charge is 2.13. The Bertz CT molecular complexity index is 828. The molecule has 310 valence electrons. The van der Waals surface area contributed by atoms with Gasteiger partial charge in [0.1, 0.15) is 6.10 Å². The minimum absolute atomic E-state index is 0.176. The first-order valence-electron chi connectivity index (χ1n) is 23.2. The highest BCUT2D eigenvalue weighted by molar-refractivity contribution is 5.69. The number of esters is 1. The topological polar surface area (TPSA) is 55.8 Å². The Balaban J connectivity index is 3.44. The second-order valence-electron chi connectivity index (χ2n) is 15.5. The molecule has 0 radical (unpaired) electrons. The van der Waals surface area contributed by atoms with Gasteiger partial charge in [-0.25, -0.2) is 0 Å². The molecule has 4 nitrogen and oxygen atoms in total. The fourth-order valence-electron chi connectivity index (χ4n) is 6.62. The van der Waals surface area contributed by atoms with E-state index in [4.69, 9.17) is 9.47 Å². The van der Waals surface area contributed by atoms with E-state index in [-0.39, 0.29) is 12.6 Å². The minimum Gasteiger partial charge on any atom is -0.457 e. The van der Waals surface area contributed by atoms with Crippen LogP contribution in [0.15, 0.2) is 48.6 Å². The lowest BCUT2D eigenvalue weighted by atomic mass is 10.0. The lowest BCUT2D eigenvalue weighted by Gasteiger charge is -2.15. The normalized spacial score (nSPS) is 12.7. The number of ether oxygens (including phenoxy) is 2. The summed E-state index contributed by atoms with van der Waals surface area (Å²) in [5.74, 6) is -0.206. The highest BCUT2D eigenvalue weighted by Crippen LogP contribution is 2.14. The summed E-state index contributed by atoms with van der Waals surface area (Å²) in [5.41, 5.74) is 0. The van der Waals surface area contributed by atoms with Gasteiger partial charge >= 0.3 is 5.97 Å². The van der Waals surface area contributed by atoms with E-state index in [0.717, 1.165) is 32.1 Å². The Morgan fingerprint density at radius 2 is 0.792 bits per heavy atom. The van der Waals surface area contributed by atoms with Gasteiger partial charge in [0, 0.05) is 13.0 Å². The lowest BCUT2D eigenvalue weighted by molar-refractivity contribution is -0.154. The van der Waals surface area contributed by atoms with Gasteiger partial charge in [-0.05, 0) is 77.0 Å². The van der Waals surface area contributed by atoms with Gasteiger partial charge in [0.05, 0.1) is 13.2 Å². The van der Waals surface area contributed by atoms with Gasteiger partial charge in [0.2, 0.25) is 0 Å². The third kappa shape index (κ3) is 44.6. The number of carbonyl (C=O) groups is 1. The van der Waals surface area contributed by atoms with Crippen LogP contribution in [0.1, 0.15) is 232 Å². The molecule has 0 aromatic heterocycles. The van der Waals surface area contributed by atoms with Crippen LogP contribution in [-0.4, -0.2) is 37.0 Å². The molecular weight excluding hydrogens is 653 g/mol. The molecule has 0 aliphatic rings. The minimum atomic E-state index is -0.540. The fraction of sp³-hybridized carbons (Fsp3) is 0.816. The number of hydrogen-bond donors (Lipinski definition) is 1. The van der Waals surface area contributed by atoms with E-state index >= 15 is 0 Å². The number of allylic oxidation sites excluding steroid dienone is 8. The van der Waals surface area contributed by atoms with E-state index in [2.05, 4.69) is 62.5 Å². The second kappa shape index (κ2) is 46.5. The van der Waals surface area contributed by atoms with Crippen molar-refractivity contribution in [1.82, 2.24) is 0 Å². The first kappa shape index (κ1) is 51.4. The Labute approximate surface area is 331 Å². The summed E-state index contributed by atoms with van der Waals surface area (Å²) in [7, 11) is 0. The maximum absolute atomic E-state index is 12.2. The van der Waals surface area contributed by atoms with Crippen molar-refractivity contribution in [2.75, 3.05) is 19.8 Å². The van der Waals surface area contributed by atoms with Crippen molar-refractivity contribution in [2.24, 2.45) is 0 Å². The van der Waals surface area contributed by atoms with Crippen LogP contribution in [-0.2, 0) is 14.3 Å². The van der Waals surface area contributed by atoms with Crippen LogP contribution in [0.25, 0.3) is 0 Å². The quantitative estimate of drug-likeness (QED) is 0.0384. The summed E-state index contributed by atoms with van der Waals surface area (Å²) >= 11 is 0. The van der Waals surface area contributed by atoms with Crippen LogP contribution in [0.3, 0.4) is 0 Å². The zero-order valence-corrected chi connectivity index (χ0v) is 35.5. The second-order valence-corrected chi connectivity index (χ2v) is 15.5. The van der Waals surface area contributed by atoms with E-state index in [1.54, 1.807) is 0 Å². The molecule has 1 N–H and O–H groups in total. The van der Waals surface area contributed by atoms with Crippen molar-refractivity contribution in [1.29, 1.82) is 0 Å². The number of carbonyl (C=O) groups excluding carboxylic acids is 1. The van der Waals surface area contributed by atoms with Crippen molar-refractivity contribution >= 4 is 5.97 Å². The van der Waals surface area contributed by atoms with Crippen LogP contribution in [0.5, 0.6) is 0 Å². The number of aliphatic hydroxyl groups excluding tert-OH is 1. The average molecular weight is 743 g/mol. The van der Waals surface area contributed by atoms with Crippen LogP contribution in [0.2, 0.25) is 0 Å². The molecule has 53 heavy (non-hydrogen) atoms. The Kier molecular flexibility index (Phi) is 45.1. The summed E-state index contributed by atoms with van der Waals surface area (Å²) in [4.78, 5) is 12.2. The molecule has 0 heterocycles. The third-order valence-corrected chi connectivity index (χ3v) is 10.1. The van der Waals surface area contributed by atoms with Crippen LogP contribution < -0.4 is 0 Å². The predicted octanol–water partition coefficient (Wildman–Crippen LogP) is 15.4. The van der Waals surface area contributed by atoms with Crippen LogP contribution in [0, 0.1) is 0 Å². The van der Waals surface area contributed by atoms with Gasteiger partial charge in [-0.1, -0.05) is 197 Å². The van der Waals surface area contributed by atoms with E-state index in [1.807, 2.05) is 0 Å². The molecule has 0 aliphatic heterocycles. The summed E-state index contributed by atoms with van der Waals surface area (Å²) in [6.07, 6.45) is 60.4. The van der Waals surface area contributed by atoms with Gasteiger partial charge in [-0.2, -0.15) is 0 Å². The van der Waals surface area contributed by atoms with Gasteiger partial charge in [-0.15, -0.1) is 0 Å². The van der Waals surface area contributed by atoms with Crippen LogP contribution in [0.4, 0.5) is 0 Å². The molecule has 0 saturated carbocycles. The van der Waals surface area contributed by atoms with Gasteiger partial charge < -0.3 is 14.6 Å². The molecular formula is C49H90O4. The first-order valence-corrected chi connectivity index (χ1v) is 23.2. The number of unbranched alkanes of at least 4 members (excludes halogenated alkanes) is 27. The lowest BCUT2D eigenvalue weighted by Crippen LogP contribution is -2.27. The standard InChI is InChI=1S/C49H90O4/c1-3-5-7-9-11-13-15-17-19-21-22-23-24-25-26-27-28-29-30-32-34-36-38-40-42-44-49(51)53-48(46-50)47-52-45-43-41-39-37-35-33-31-20-18-16-14-12-10-8-6-4-2/h15,17-18,20-22,24-25,48,50H,3-14,16,19,23,26-47H2,1-2H3/b17-15-,20-18-,22-21-,25-24-. The Hall–Kier alpha value is -1.65. The molecule has 0 saturated heterocycles. The zero-order chi connectivity index (χ0) is 38.4. The van der Waals surface area contributed by atoms with Gasteiger partial charge in [-0.3, -0.25) is 4.79 Å². The maximum atomic E-state index is 12.2. The molecule has 0 aromatic carbocycles. The van der Waals surface area contributed by atoms with Crippen molar-refractivity contribution in [2.45, 2.75) is 238 Å². The van der Waals surface area contributed by atoms with E-state index < -0.39 is 6.10 Å². The summed E-state index contributed by atoms with van der Waals surface area (Å²) in [6.45, 7) is 5.33. The third-order valence-electron chi connectivity index (χ3n) is 10.1. The molecule has 0 fully saturated rings. The van der Waals surface area contributed by atoms with Crippen molar-refractivity contribution < 1.29 is 19.4 Å². The number of rotatable bonds is 43. The molecule has 1 atom stereocenters. The largest absolute Gasteiger partial charge is 0.457 e. The average Bonchev–Trinajstić information content (AvgIpc) is 3.16. The molecule has 1 unspecified atom stereocenters. The van der Waals surface area contributed by atoms with Crippen molar-refractivity contribution in [3.8, 4) is 0 Å². The van der Waals surface area contributed by atoms with Crippen molar-refractivity contribution in [3.05, 3.63) is 48.6 Å². The number of aliphatic hydroxyl groups is 1. The summed E-state index contributed by atoms with van der Waals surface area (Å²) < 4.78 is 11.2. The molecule has 0 aromatic rings. The highest BCUT2D eigenvalue weighted by atomic mass is 16.6. The maximum Gasteiger partial charge on any atom is 0.306 e. The number of hydrogen-bond acceptors (Lipinski definition) is 4. The SMILES string of the molecule is CCCCCCC/C=C\C/C=C\C/C=C\CCCCCCCCCCCCC(=O)OC(CO)COCCCCCCCC/C=C\CCCCCCCC. The first-order chi connectivity index (χ1) is 26.2. The van der Waals surface area contributed by atoms with E-state index in [0.29, 0.717) is 19.6 Å². The molecule has 0 amide bonds. The molecule has 0 rings (SSSR count). The van der Waals surface area contributed by atoms with E-state index in [9.17, 15) is 9.90 Å². The zero-order valence-electron chi connectivity index (χ0n) is 35.5. The summed E-state index contributed by atoms with van der Waals surface area (Å²) in [6, 6.07) is 0. The van der Waals surface area contributed by atoms with Crippen molar-refractivity contribution in [3.63, 3.8) is 0 Å². The summed E-state index contributed by atoms with van der Waals surface area (Å²) in [5, 5.41) is 9.62. The predicted molar refractivity (Wildman–Crippen MR) is 233 cm³/mol. The molecule has 4 heteroatoms. The molecule has 0 aliphatic carbocycles. The smallest absolute Gasteiger partial charge is 0.306 e. The Morgan fingerprint density at radius 1 is 0.453 bits per heavy atom. The molecule has 0 spiro atoms. The van der Waals surface area contributed by atoms with Gasteiger partial charge in [0.25, 0.3) is 0 Å². The molecule has 0 bridgehead atoms. The van der Waals surface area contributed by atoms with Crippen LogP contribution >= 0.6 is 0 Å². The van der Waals surface area contributed by atoms with Gasteiger partial charge in [0.15, 0.2) is 0 Å².